The number of amides is 1. The van der Waals surface area contributed by atoms with E-state index in [9.17, 15) is 14.7 Å². The van der Waals surface area contributed by atoms with Crippen molar-refractivity contribution in [1.29, 1.82) is 0 Å². The maximum atomic E-state index is 11.0. The Morgan fingerprint density at radius 3 is 2.69 bits per heavy atom. The van der Waals surface area contributed by atoms with E-state index in [4.69, 9.17) is 0 Å². The van der Waals surface area contributed by atoms with Crippen molar-refractivity contribution in [1.82, 2.24) is 5.32 Å². The number of carbonyl (C=O) groups excluding carboxylic acids is 2. The summed E-state index contributed by atoms with van der Waals surface area (Å²) in [4.78, 5) is 21.5. The van der Waals surface area contributed by atoms with Gasteiger partial charge in [-0.1, -0.05) is 6.07 Å². The molecule has 1 aromatic rings. The summed E-state index contributed by atoms with van der Waals surface area (Å²) in [7, 11) is 0. The Morgan fingerprint density at radius 2 is 2.23 bits per heavy atom. The number of hydrogen-bond acceptors (Lipinski definition) is 4. The monoisotopic (exact) mass is 207 g/mol. The SMILES string of the molecule is O=C([O-])CNC(=O)c1cccs1.[Na+]. The van der Waals surface area contributed by atoms with Gasteiger partial charge in [0.2, 0.25) is 0 Å². The molecule has 4 nitrogen and oxygen atoms in total. The zero-order chi connectivity index (χ0) is 8.97. The van der Waals surface area contributed by atoms with E-state index in [2.05, 4.69) is 5.32 Å². The van der Waals surface area contributed by atoms with Crippen LogP contribution in [-0.4, -0.2) is 18.4 Å². The largest absolute Gasteiger partial charge is 1.00 e. The second-order valence-electron chi connectivity index (χ2n) is 2.03. The van der Waals surface area contributed by atoms with Crippen molar-refractivity contribution < 1.29 is 44.3 Å². The van der Waals surface area contributed by atoms with E-state index in [0.717, 1.165) is 0 Å². The average Bonchev–Trinajstić information content (AvgIpc) is 2.51. The van der Waals surface area contributed by atoms with Crippen LogP contribution in [0, 0.1) is 0 Å². The number of carboxylic acids is 1. The van der Waals surface area contributed by atoms with Crippen LogP contribution >= 0.6 is 11.3 Å². The standard InChI is InChI=1S/C7H7NO3S.Na/c9-6(10)4-8-7(11)5-2-1-3-12-5;/h1-3H,4H2,(H,8,11)(H,9,10);/q;+1/p-1. The average molecular weight is 207 g/mol. The van der Waals surface area contributed by atoms with Crippen LogP contribution in [0.15, 0.2) is 17.5 Å². The molecular weight excluding hydrogens is 201 g/mol. The van der Waals surface area contributed by atoms with Crippen molar-refractivity contribution in [2.24, 2.45) is 0 Å². The Labute approximate surface area is 101 Å². The van der Waals surface area contributed by atoms with Crippen molar-refractivity contribution in [2.75, 3.05) is 6.54 Å². The van der Waals surface area contributed by atoms with Gasteiger partial charge in [-0.3, -0.25) is 4.79 Å². The van der Waals surface area contributed by atoms with Crippen LogP contribution in [0.25, 0.3) is 0 Å². The molecule has 0 spiro atoms. The molecule has 0 bridgehead atoms. The number of carbonyl (C=O) groups is 2. The van der Waals surface area contributed by atoms with Crippen molar-refractivity contribution in [3.05, 3.63) is 22.4 Å². The van der Waals surface area contributed by atoms with Gasteiger partial charge in [-0.2, -0.15) is 0 Å². The topological polar surface area (TPSA) is 69.2 Å². The molecule has 1 rings (SSSR count). The van der Waals surface area contributed by atoms with Crippen molar-refractivity contribution in [2.45, 2.75) is 0 Å². The molecule has 0 unspecified atom stereocenters. The summed E-state index contributed by atoms with van der Waals surface area (Å²) >= 11 is 1.26. The third-order valence-electron chi connectivity index (χ3n) is 1.14. The van der Waals surface area contributed by atoms with Crippen LogP contribution in [0.2, 0.25) is 0 Å². The van der Waals surface area contributed by atoms with E-state index in [1.165, 1.54) is 11.3 Å². The molecule has 0 aliphatic heterocycles. The van der Waals surface area contributed by atoms with Crippen molar-refractivity contribution in [3.63, 3.8) is 0 Å². The Bertz CT molecular complexity index is 286. The Morgan fingerprint density at radius 1 is 1.54 bits per heavy atom. The van der Waals surface area contributed by atoms with Crippen LogP contribution in [0.5, 0.6) is 0 Å². The van der Waals surface area contributed by atoms with Gasteiger partial charge in [-0.05, 0) is 11.4 Å². The summed E-state index contributed by atoms with van der Waals surface area (Å²) in [6, 6.07) is 3.34. The number of aliphatic carboxylic acids is 1. The van der Waals surface area contributed by atoms with Gasteiger partial charge in [0.05, 0.1) is 17.4 Å². The van der Waals surface area contributed by atoms with Gasteiger partial charge in [-0.15, -0.1) is 11.3 Å². The van der Waals surface area contributed by atoms with Gasteiger partial charge in [0.15, 0.2) is 0 Å². The predicted molar refractivity (Wildman–Crippen MR) is 41.7 cm³/mol. The minimum Gasteiger partial charge on any atom is -0.548 e. The fourth-order valence-electron chi connectivity index (χ4n) is 0.647. The minimum atomic E-state index is -1.29. The molecule has 0 aliphatic carbocycles. The smallest absolute Gasteiger partial charge is 0.548 e. The van der Waals surface area contributed by atoms with Crippen LogP contribution < -0.4 is 40.0 Å². The summed E-state index contributed by atoms with van der Waals surface area (Å²) in [5.74, 6) is -1.67. The van der Waals surface area contributed by atoms with Gasteiger partial charge in [0, 0.05) is 0 Å². The number of rotatable bonds is 3. The summed E-state index contributed by atoms with van der Waals surface area (Å²) < 4.78 is 0. The maximum absolute atomic E-state index is 11.0. The zero-order valence-corrected chi connectivity index (χ0v) is 9.89. The van der Waals surface area contributed by atoms with E-state index >= 15 is 0 Å². The van der Waals surface area contributed by atoms with Crippen molar-refractivity contribution in [3.8, 4) is 0 Å². The van der Waals surface area contributed by atoms with Crippen LogP contribution in [0.1, 0.15) is 9.67 Å². The summed E-state index contributed by atoms with van der Waals surface area (Å²) in [6.07, 6.45) is 0. The number of nitrogens with one attached hydrogen (secondary N) is 1. The van der Waals surface area contributed by atoms with Gasteiger partial charge in [-0.25, -0.2) is 0 Å². The first-order chi connectivity index (χ1) is 5.70. The Balaban J connectivity index is 0.00000144. The Hall–Kier alpha value is -0.360. The molecule has 0 aromatic carbocycles. The van der Waals surface area contributed by atoms with Gasteiger partial charge in [0.1, 0.15) is 0 Å². The molecule has 0 radical (unpaired) electrons. The van der Waals surface area contributed by atoms with Crippen LogP contribution in [0.4, 0.5) is 0 Å². The van der Waals surface area contributed by atoms with E-state index in [-0.39, 0.29) is 35.5 Å². The molecule has 64 valence electrons. The fourth-order valence-corrected chi connectivity index (χ4v) is 1.29. The quantitative estimate of drug-likeness (QED) is 0.517. The molecule has 1 heterocycles. The normalized spacial score (nSPS) is 8.62. The fraction of sp³-hybridized carbons (Fsp3) is 0.143. The molecule has 0 saturated heterocycles. The maximum Gasteiger partial charge on any atom is 1.00 e. The molecule has 0 fully saturated rings. The first kappa shape index (κ1) is 12.6. The van der Waals surface area contributed by atoms with Gasteiger partial charge in [0.25, 0.3) is 5.91 Å². The van der Waals surface area contributed by atoms with E-state index in [0.29, 0.717) is 4.88 Å². The molecule has 1 N–H and O–H groups in total. The molecule has 0 atom stereocenters. The molecule has 6 heteroatoms. The molecule has 1 amide bonds. The molecule has 0 saturated carbocycles. The van der Waals surface area contributed by atoms with Crippen LogP contribution in [0.3, 0.4) is 0 Å². The van der Waals surface area contributed by atoms with Gasteiger partial charge < -0.3 is 15.2 Å². The van der Waals surface area contributed by atoms with Crippen LogP contribution in [-0.2, 0) is 4.79 Å². The molecule has 0 aliphatic rings. The third kappa shape index (κ3) is 4.42. The zero-order valence-electron chi connectivity index (χ0n) is 7.07. The summed E-state index contributed by atoms with van der Waals surface area (Å²) in [5.41, 5.74) is 0. The minimum absolute atomic E-state index is 0. The third-order valence-corrected chi connectivity index (χ3v) is 2.01. The molecular formula is C7H6NNaO3S. The summed E-state index contributed by atoms with van der Waals surface area (Å²) in [5, 5.41) is 13.9. The van der Waals surface area contributed by atoms with E-state index in [1.807, 2.05) is 0 Å². The second kappa shape index (κ2) is 6.15. The van der Waals surface area contributed by atoms with E-state index in [1.54, 1.807) is 17.5 Å². The first-order valence-corrected chi connectivity index (χ1v) is 4.09. The Kier molecular flexibility index (Phi) is 5.98. The van der Waals surface area contributed by atoms with Gasteiger partial charge >= 0.3 is 29.6 Å². The predicted octanol–water partition coefficient (Wildman–Crippen LogP) is -3.77. The summed E-state index contributed by atoms with van der Waals surface area (Å²) in [6.45, 7) is -0.448. The molecule has 13 heavy (non-hydrogen) atoms. The molecule has 1 aromatic heterocycles. The van der Waals surface area contributed by atoms with Crippen molar-refractivity contribution >= 4 is 23.2 Å². The first-order valence-electron chi connectivity index (χ1n) is 3.21. The number of thiophene rings is 1. The number of hydrogen-bond donors (Lipinski definition) is 1. The second-order valence-corrected chi connectivity index (χ2v) is 2.98. The van der Waals surface area contributed by atoms with E-state index < -0.39 is 12.5 Å². The number of carboxylic acid groups (broad SMARTS) is 1.